The molecule has 5 amide bonds. The Hall–Kier alpha value is -4.68. The van der Waals surface area contributed by atoms with Crippen molar-refractivity contribution in [3.05, 3.63) is 60.2 Å². The number of benzene rings is 1. The Labute approximate surface area is 306 Å². The van der Waals surface area contributed by atoms with Gasteiger partial charge in [-0.3, -0.25) is 33.8 Å². The molecule has 0 radical (unpaired) electrons. The van der Waals surface area contributed by atoms with Gasteiger partial charge in [0.05, 0.1) is 18.3 Å². The maximum absolute atomic E-state index is 14.6. The predicted molar refractivity (Wildman–Crippen MR) is 195 cm³/mol. The van der Waals surface area contributed by atoms with Gasteiger partial charge in [0.2, 0.25) is 23.5 Å². The van der Waals surface area contributed by atoms with Crippen LogP contribution >= 0.6 is 0 Å². The molecule has 13 heteroatoms. The Kier molecular flexibility index (Phi) is 12.9. The van der Waals surface area contributed by atoms with E-state index in [1.165, 1.54) is 18.6 Å². The zero-order valence-corrected chi connectivity index (χ0v) is 31.7. The average molecular weight is 718 g/mol. The first kappa shape index (κ1) is 40.1. The highest BCUT2D eigenvalue weighted by Gasteiger charge is 2.52. The molecular weight excluding hydrogens is 662 g/mol. The third kappa shape index (κ3) is 9.60. The monoisotopic (exact) mass is 717 g/mol. The van der Waals surface area contributed by atoms with Crippen LogP contribution in [0.15, 0.2) is 48.9 Å². The van der Waals surface area contributed by atoms with Gasteiger partial charge in [-0.2, -0.15) is 0 Å². The summed E-state index contributed by atoms with van der Waals surface area (Å²) in [6.07, 6.45) is 7.42. The molecule has 1 aromatic carbocycles. The zero-order chi connectivity index (χ0) is 38.4. The van der Waals surface area contributed by atoms with Crippen LogP contribution in [0.2, 0.25) is 0 Å². The average Bonchev–Trinajstić information content (AvgIpc) is 3.70. The second kappa shape index (κ2) is 16.8. The van der Waals surface area contributed by atoms with Crippen molar-refractivity contribution in [2.75, 3.05) is 6.54 Å². The van der Waals surface area contributed by atoms with Crippen molar-refractivity contribution in [2.45, 2.75) is 118 Å². The van der Waals surface area contributed by atoms with Crippen molar-refractivity contribution in [1.82, 2.24) is 36.1 Å². The number of carbonyl (C=O) groups is 6. The van der Waals surface area contributed by atoms with E-state index < -0.39 is 76.4 Å². The third-order valence-electron chi connectivity index (χ3n) is 10.1. The highest BCUT2D eigenvalue weighted by Crippen LogP contribution is 2.43. The fraction of sp³-hybridized carbons (Fsp3) is 0.590. The standard InChI is InChI=1S/C39H55N7O6/c1-9-14-27(30(47)35(50)42-23(2)24-15-11-10-12-16-24)43-34(49)29-26-18-13-17-25(26)22-46(29)37(52)32(39(6,7)8)45-36(51)31(38(3,4)5)44-33(48)28-21-40-19-20-41-28/h10-12,15-16,19-21,23,25-27,29,31-32H,9,13-14,17-18,22H2,1-8H3,(H,42,50)(H,43,49)(H,44,48)(H,45,51)/t23-,25-,26-,27-,29-,31+,32+/m0/s1. The van der Waals surface area contributed by atoms with Gasteiger partial charge in [0, 0.05) is 18.9 Å². The predicted octanol–water partition coefficient (Wildman–Crippen LogP) is 3.51. The van der Waals surface area contributed by atoms with E-state index in [1.807, 2.05) is 58.0 Å². The molecule has 1 aliphatic heterocycles. The lowest BCUT2D eigenvalue weighted by Gasteiger charge is -2.38. The summed E-state index contributed by atoms with van der Waals surface area (Å²) in [6, 6.07) is 4.83. The first-order valence-corrected chi connectivity index (χ1v) is 18.3. The molecule has 1 aromatic heterocycles. The van der Waals surface area contributed by atoms with E-state index in [9.17, 15) is 28.8 Å². The topological polar surface area (TPSA) is 180 Å². The Bertz CT molecular complexity index is 1600. The molecule has 2 heterocycles. The number of likely N-dealkylation sites (tertiary alicyclic amines) is 1. The molecule has 282 valence electrons. The van der Waals surface area contributed by atoms with Crippen molar-refractivity contribution in [1.29, 1.82) is 0 Å². The third-order valence-corrected chi connectivity index (χ3v) is 10.1. The fourth-order valence-corrected chi connectivity index (χ4v) is 7.27. The summed E-state index contributed by atoms with van der Waals surface area (Å²) in [5.74, 6) is -3.61. The van der Waals surface area contributed by atoms with E-state index in [0.717, 1.165) is 24.8 Å². The highest BCUT2D eigenvalue weighted by molar-refractivity contribution is 6.38. The molecule has 1 saturated heterocycles. The van der Waals surface area contributed by atoms with E-state index >= 15 is 0 Å². The molecule has 2 aliphatic rings. The molecule has 13 nitrogen and oxygen atoms in total. The summed E-state index contributed by atoms with van der Waals surface area (Å²) < 4.78 is 0. The van der Waals surface area contributed by atoms with E-state index in [1.54, 1.807) is 32.6 Å². The van der Waals surface area contributed by atoms with Gasteiger partial charge in [-0.15, -0.1) is 0 Å². The Morgan fingerprint density at radius 2 is 1.54 bits per heavy atom. The van der Waals surface area contributed by atoms with Crippen LogP contribution in [0.3, 0.4) is 0 Å². The molecule has 52 heavy (non-hydrogen) atoms. The van der Waals surface area contributed by atoms with Crippen LogP contribution in [-0.2, 0) is 24.0 Å². The molecular formula is C39H55N7O6. The van der Waals surface area contributed by atoms with Crippen LogP contribution in [0.5, 0.6) is 0 Å². The number of amides is 5. The lowest BCUT2D eigenvalue weighted by atomic mass is 9.82. The molecule has 1 saturated carbocycles. The summed E-state index contributed by atoms with van der Waals surface area (Å²) in [4.78, 5) is 92.0. The minimum Gasteiger partial charge on any atom is -0.344 e. The Morgan fingerprint density at radius 3 is 2.13 bits per heavy atom. The fourth-order valence-electron chi connectivity index (χ4n) is 7.27. The van der Waals surface area contributed by atoms with Crippen LogP contribution in [0, 0.1) is 22.7 Å². The smallest absolute Gasteiger partial charge is 0.290 e. The van der Waals surface area contributed by atoms with Crippen molar-refractivity contribution in [3.63, 3.8) is 0 Å². The van der Waals surface area contributed by atoms with Crippen molar-refractivity contribution in [2.24, 2.45) is 22.7 Å². The van der Waals surface area contributed by atoms with Crippen molar-refractivity contribution >= 4 is 35.3 Å². The first-order valence-electron chi connectivity index (χ1n) is 18.3. The minimum atomic E-state index is -1.07. The van der Waals surface area contributed by atoms with Crippen LogP contribution in [-0.4, -0.2) is 80.9 Å². The quantitative estimate of drug-likeness (QED) is 0.227. The summed E-state index contributed by atoms with van der Waals surface area (Å²) in [6.45, 7) is 14.9. The van der Waals surface area contributed by atoms with E-state index in [4.69, 9.17) is 0 Å². The van der Waals surface area contributed by atoms with Gasteiger partial charge < -0.3 is 26.2 Å². The van der Waals surface area contributed by atoms with Gasteiger partial charge >= 0.3 is 0 Å². The number of nitrogens with one attached hydrogen (secondary N) is 4. The largest absolute Gasteiger partial charge is 0.344 e. The van der Waals surface area contributed by atoms with Crippen molar-refractivity contribution < 1.29 is 28.8 Å². The van der Waals surface area contributed by atoms with Crippen LogP contribution in [0.4, 0.5) is 0 Å². The number of nitrogens with zero attached hydrogens (tertiary/aromatic N) is 3. The normalized spacial score (nSPS) is 20.8. The molecule has 4 rings (SSSR count). The SMILES string of the molecule is CCC[C@H](NC(=O)[C@@H]1[C@H]2CCC[C@H]2CN1C(=O)[C@@H](NC(=O)[C@@H](NC(=O)c1cnccn1)C(C)(C)C)C(C)(C)C)C(=O)C(=O)N[C@@H](C)c1ccccc1. The summed E-state index contributed by atoms with van der Waals surface area (Å²) in [5.41, 5.74) is -0.633. The van der Waals surface area contributed by atoms with Crippen LogP contribution < -0.4 is 21.3 Å². The van der Waals surface area contributed by atoms with E-state index in [2.05, 4.69) is 31.2 Å². The van der Waals surface area contributed by atoms with Gasteiger partial charge in [-0.25, -0.2) is 4.98 Å². The summed E-state index contributed by atoms with van der Waals surface area (Å²) in [7, 11) is 0. The molecule has 2 aromatic rings. The lowest BCUT2D eigenvalue weighted by molar-refractivity contribution is -0.146. The van der Waals surface area contributed by atoms with Gasteiger partial charge in [0.1, 0.15) is 23.8 Å². The Morgan fingerprint density at radius 1 is 0.865 bits per heavy atom. The molecule has 2 fully saturated rings. The van der Waals surface area contributed by atoms with Gasteiger partial charge in [0.15, 0.2) is 0 Å². The highest BCUT2D eigenvalue weighted by atomic mass is 16.2. The van der Waals surface area contributed by atoms with Crippen molar-refractivity contribution in [3.8, 4) is 0 Å². The molecule has 1 aliphatic carbocycles. The number of aromatic nitrogens is 2. The van der Waals surface area contributed by atoms with E-state index in [0.29, 0.717) is 13.0 Å². The van der Waals surface area contributed by atoms with Crippen LogP contribution in [0.25, 0.3) is 0 Å². The maximum Gasteiger partial charge on any atom is 0.290 e. The molecule has 7 atom stereocenters. The number of rotatable bonds is 13. The summed E-state index contributed by atoms with van der Waals surface area (Å²) in [5, 5.41) is 11.3. The van der Waals surface area contributed by atoms with Gasteiger partial charge in [-0.1, -0.05) is 91.6 Å². The van der Waals surface area contributed by atoms with E-state index in [-0.39, 0.29) is 24.0 Å². The number of fused-ring (bicyclic) bond motifs is 1. The number of hydrogen-bond donors (Lipinski definition) is 4. The lowest BCUT2D eigenvalue weighted by Crippen LogP contribution is -2.63. The summed E-state index contributed by atoms with van der Waals surface area (Å²) >= 11 is 0. The maximum atomic E-state index is 14.6. The molecule has 0 unspecified atom stereocenters. The molecule has 0 bridgehead atoms. The Balaban J connectivity index is 1.54. The minimum absolute atomic E-state index is 0.0495. The molecule has 0 spiro atoms. The first-order chi connectivity index (χ1) is 24.4. The number of ketones is 1. The second-order valence-corrected chi connectivity index (χ2v) is 16.3. The zero-order valence-electron chi connectivity index (χ0n) is 31.7. The number of hydrogen-bond acceptors (Lipinski definition) is 8. The number of carbonyl (C=O) groups excluding carboxylic acids is 6. The second-order valence-electron chi connectivity index (χ2n) is 16.3. The number of Topliss-reactive ketones (excluding diaryl/α,β-unsaturated/α-hetero) is 1. The molecule has 4 N–H and O–H groups in total. The van der Waals surface area contributed by atoms with Gasteiger partial charge in [-0.05, 0) is 54.4 Å². The van der Waals surface area contributed by atoms with Gasteiger partial charge in [0.25, 0.3) is 11.8 Å². The van der Waals surface area contributed by atoms with Crippen LogP contribution in [0.1, 0.15) is 110 Å².